The summed E-state index contributed by atoms with van der Waals surface area (Å²) in [7, 11) is 0. The lowest BCUT2D eigenvalue weighted by Gasteiger charge is -2.14. The lowest BCUT2D eigenvalue weighted by Crippen LogP contribution is -1.96. The summed E-state index contributed by atoms with van der Waals surface area (Å²) in [6, 6.07) is 125. The number of hydrogen-bond acceptors (Lipinski definition) is 12. The first-order valence-electron chi connectivity index (χ1n) is 44.9. The van der Waals surface area contributed by atoms with Gasteiger partial charge in [0, 0.05) is 221 Å². The SMILES string of the molecule is c1ccc2c(c1)oc1ccc3c4ccc5c(c6ccccc6n5-c5cc(-c6ccncc6)cc(-c6ccncc6)c5)c4sc3c12.c1ccc2c(c1)sc1ccc3c4ccc5c(c6ccccc6n5-c5cc(-c6ccncc6)cc(-c6ccncc6)c5)c4oc3c12.c1ccc2c(c1)sc1ccc3c4ccc5c(c6ccccc6n5-c5cc(-c6ccncc6)cc(-c6ccncc6)c5)c4sc3c12. The van der Waals surface area contributed by atoms with E-state index in [1.54, 1.807) is 0 Å². The number of benzene rings is 15. The molecule has 0 amide bonds. The molecule has 0 aliphatic carbocycles. The van der Waals surface area contributed by atoms with Crippen molar-refractivity contribution >= 4 is 235 Å². The van der Waals surface area contributed by atoms with Gasteiger partial charge in [-0.3, -0.25) is 29.9 Å². The number of pyridine rings is 6. The van der Waals surface area contributed by atoms with Gasteiger partial charge in [0.1, 0.15) is 22.3 Å². The normalized spacial score (nSPS) is 12.0. The number of thiophene rings is 4. The second kappa shape index (κ2) is 30.9. The van der Waals surface area contributed by atoms with Crippen LogP contribution in [0.25, 0.3) is 274 Å². The van der Waals surface area contributed by atoms with E-state index in [4.69, 9.17) is 8.83 Å². The standard InChI is InChI=1S/2C40H23N3OS.C40H23N3S2/c1-3-7-33-31(5-1)37-34(11-9-29-30-10-12-36-38(40(30)44-39(29)37)32-6-2-4-8-35(32)45-36)43(33)28-22-26(24-13-17-41-18-14-24)21-27(23-28)25-15-19-42-20-16-25;2*1-3-7-33-31(5-1)37-34(11-9-29-30-10-12-36-38(40(30)45-39(29)37)32-6-2-4-8-35(32)44-36)43(33)28-22-26(24-13-17-41-18-14-24)21-27(23-28)25-15-19-42-20-16-25/h3*1-23H. The van der Waals surface area contributed by atoms with Crippen LogP contribution in [0.1, 0.15) is 0 Å². The quantitative estimate of drug-likeness (QED) is 0.140. The maximum atomic E-state index is 6.97. The van der Waals surface area contributed by atoms with Crippen molar-refractivity contribution in [2.75, 3.05) is 0 Å². The highest BCUT2D eigenvalue weighted by Gasteiger charge is 2.27. The highest BCUT2D eigenvalue weighted by Crippen LogP contribution is 2.53. The molecule has 630 valence electrons. The number of fused-ring (bicyclic) bond motifs is 33. The molecule has 135 heavy (non-hydrogen) atoms. The van der Waals surface area contributed by atoms with Gasteiger partial charge in [0.05, 0.1) is 38.5 Å². The number of para-hydroxylation sites is 4. The predicted octanol–water partition coefficient (Wildman–Crippen LogP) is 34.0. The van der Waals surface area contributed by atoms with Gasteiger partial charge < -0.3 is 22.5 Å². The van der Waals surface area contributed by atoms with Crippen LogP contribution in [-0.2, 0) is 0 Å². The molecule has 0 aliphatic rings. The minimum absolute atomic E-state index is 0.929. The average molecular weight is 1800 g/mol. The Bertz CT molecular complexity index is 9010. The number of rotatable bonds is 9. The van der Waals surface area contributed by atoms with Crippen molar-refractivity contribution in [2.24, 2.45) is 0 Å². The van der Waals surface area contributed by atoms with Crippen molar-refractivity contribution < 1.29 is 8.83 Å². The number of nitrogens with zero attached hydrogens (tertiary/aromatic N) is 9. The average Bonchev–Trinajstić information content (AvgIpc) is 1.55. The maximum absolute atomic E-state index is 6.97. The molecule has 30 aromatic rings. The largest absolute Gasteiger partial charge is 0.456 e. The van der Waals surface area contributed by atoms with Crippen molar-refractivity contribution in [1.29, 1.82) is 0 Å². The molecule has 11 nitrogen and oxygen atoms in total. The van der Waals surface area contributed by atoms with Crippen LogP contribution in [0.3, 0.4) is 0 Å². The first-order chi connectivity index (χ1) is 66.9. The Morgan fingerprint density at radius 2 is 0.467 bits per heavy atom. The van der Waals surface area contributed by atoms with E-state index in [1.807, 2.05) is 126 Å². The van der Waals surface area contributed by atoms with Crippen LogP contribution in [0.5, 0.6) is 0 Å². The minimum Gasteiger partial charge on any atom is -0.456 e. The van der Waals surface area contributed by atoms with Gasteiger partial charge in [-0.1, -0.05) is 127 Å². The van der Waals surface area contributed by atoms with Gasteiger partial charge in [-0.05, 0) is 285 Å². The second-order valence-electron chi connectivity index (χ2n) is 34.3. The zero-order valence-electron chi connectivity index (χ0n) is 71.8. The second-order valence-corrected chi connectivity index (χ2v) is 38.5. The first-order valence-corrected chi connectivity index (χ1v) is 48.2. The lowest BCUT2D eigenvalue weighted by molar-refractivity contribution is 0.669. The minimum atomic E-state index is 0.929. The van der Waals surface area contributed by atoms with E-state index >= 15 is 0 Å². The molecule has 0 atom stereocenters. The van der Waals surface area contributed by atoms with Crippen LogP contribution in [0.4, 0.5) is 0 Å². The van der Waals surface area contributed by atoms with Crippen molar-refractivity contribution in [3.8, 4) is 83.8 Å². The highest BCUT2D eigenvalue weighted by molar-refractivity contribution is 7.30. The molecule has 15 heteroatoms. The summed E-state index contributed by atoms with van der Waals surface area (Å²) in [5.74, 6) is 0. The van der Waals surface area contributed by atoms with Crippen LogP contribution in [0.15, 0.2) is 429 Å². The summed E-state index contributed by atoms with van der Waals surface area (Å²) in [5.41, 5.74) is 27.8. The van der Waals surface area contributed by atoms with Gasteiger partial charge in [-0.15, -0.1) is 45.3 Å². The summed E-state index contributed by atoms with van der Waals surface area (Å²) in [6.45, 7) is 0. The molecule has 15 aromatic carbocycles. The Kier molecular flexibility index (Phi) is 17.6. The van der Waals surface area contributed by atoms with Crippen LogP contribution >= 0.6 is 45.3 Å². The monoisotopic (exact) mass is 1800 g/mol. The third kappa shape index (κ3) is 12.3. The van der Waals surface area contributed by atoms with Gasteiger partial charge in [-0.25, -0.2) is 0 Å². The fourth-order valence-corrected chi connectivity index (χ4v) is 26.1. The molecule has 15 heterocycles. The molecule has 0 N–H and O–H groups in total. The van der Waals surface area contributed by atoms with Crippen LogP contribution in [0.2, 0.25) is 0 Å². The van der Waals surface area contributed by atoms with E-state index in [2.05, 4.69) is 383 Å². The Labute approximate surface area is 785 Å². The maximum Gasteiger partial charge on any atom is 0.145 e. The van der Waals surface area contributed by atoms with E-state index in [9.17, 15) is 0 Å². The van der Waals surface area contributed by atoms with E-state index in [0.717, 1.165) is 133 Å². The predicted molar refractivity (Wildman–Crippen MR) is 568 cm³/mol. The molecule has 30 rings (SSSR count). The fourth-order valence-electron chi connectivity index (χ4n) is 21.0. The van der Waals surface area contributed by atoms with Gasteiger partial charge in [-0.2, -0.15) is 0 Å². The van der Waals surface area contributed by atoms with Gasteiger partial charge >= 0.3 is 0 Å². The lowest BCUT2D eigenvalue weighted by atomic mass is 9.99. The first kappa shape index (κ1) is 76.9. The number of aromatic nitrogens is 9. The van der Waals surface area contributed by atoms with Gasteiger partial charge in [0.25, 0.3) is 0 Å². The molecular formula is C120H69N9O2S4. The molecule has 0 fully saturated rings. The zero-order chi connectivity index (χ0) is 88.5. The topological polar surface area (TPSA) is 118 Å². The zero-order valence-corrected chi connectivity index (χ0v) is 75.1. The summed E-state index contributed by atoms with van der Waals surface area (Å²) in [6.07, 6.45) is 22.3. The number of furan rings is 2. The van der Waals surface area contributed by atoms with Crippen LogP contribution in [-0.4, -0.2) is 43.6 Å². The van der Waals surface area contributed by atoms with Crippen molar-refractivity contribution in [3.63, 3.8) is 0 Å². The molecule has 0 saturated carbocycles. The van der Waals surface area contributed by atoms with E-state index in [-0.39, 0.29) is 0 Å². The van der Waals surface area contributed by atoms with E-state index in [1.165, 1.54) is 140 Å². The van der Waals surface area contributed by atoms with Crippen LogP contribution < -0.4 is 0 Å². The molecular weight excluding hydrogens is 1730 g/mol. The molecule has 0 bridgehead atoms. The Morgan fingerprint density at radius 1 is 0.170 bits per heavy atom. The van der Waals surface area contributed by atoms with E-state index in [0.29, 0.717) is 0 Å². The third-order valence-electron chi connectivity index (χ3n) is 27.0. The van der Waals surface area contributed by atoms with Crippen molar-refractivity contribution in [3.05, 3.63) is 420 Å². The highest BCUT2D eigenvalue weighted by atomic mass is 32.1. The van der Waals surface area contributed by atoms with Crippen LogP contribution in [0, 0.1) is 0 Å². The molecule has 0 radical (unpaired) electrons. The summed E-state index contributed by atoms with van der Waals surface area (Å²) < 4.78 is 31.0. The molecule has 15 aromatic heterocycles. The van der Waals surface area contributed by atoms with Crippen molar-refractivity contribution in [1.82, 2.24) is 43.6 Å². The Balaban J connectivity index is 0.000000101. The molecule has 0 spiro atoms. The van der Waals surface area contributed by atoms with E-state index < -0.39 is 0 Å². The molecule has 0 saturated heterocycles. The Morgan fingerprint density at radius 3 is 0.881 bits per heavy atom. The van der Waals surface area contributed by atoms with Gasteiger partial charge in [0.15, 0.2) is 0 Å². The summed E-state index contributed by atoms with van der Waals surface area (Å²) >= 11 is 7.53. The summed E-state index contributed by atoms with van der Waals surface area (Å²) in [4.78, 5) is 25.6. The smallest absolute Gasteiger partial charge is 0.145 e. The third-order valence-corrected chi connectivity index (χ3v) is 31.7. The van der Waals surface area contributed by atoms with Crippen molar-refractivity contribution in [2.45, 2.75) is 0 Å². The van der Waals surface area contributed by atoms with Gasteiger partial charge in [0.2, 0.25) is 0 Å². The number of hydrogen-bond donors (Lipinski definition) is 0. The summed E-state index contributed by atoms with van der Waals surface area (Å²) in [5, 5.41) is 22.5. The molecule has 0 aliphatic heterocycles. The molecule has 0 unspecified atom stereocenters. The fraction of sp³-hybridized carbons (Fsp3) is 0. The Hall–Kier alpha value is -16.9.